The minimum atomic E-state index is -1.24. The molecule has 0 aliphatic rings. The van der Waals surface area contributed by atoms with Crippen molar-refractivity contribution < 1.29 is 13.9 Å². The Kier molecular flexibility index (Phi) is 4.76. The van der Waals surface area contributed by atoms with E-state index in [-0.39, 0.29) is 18.2 Å². The lowest BCUT2D eigenvalue weighted by atomic mass is 10.1. The molecule has 0 spiro atoms. The van der Waals surface area contributed by atoms with Gasteiger partial charge < -0.3 is 10.4 Å². The molecule has 106 valence electrons. The standard InChI is InChI=1S/C15H16F2N2O/c1-10(11-5-7-18-8-6-11)19-9-14(20)15-12(16)3-2-4-13(15)17/h2-8,10,14,19-20H,9H2,1H3/t10-,14?/m1/s1. The number of benzene rings is 1. The van der Waals surface area contributed by atoms with Crippen LogP contribution in [-0.4, -0.2) is 16.6 Å². The van der Waals surface area contributed by atoms with Gasteiger partial charge in [0.2, 0.25) is 0 Å². The zero-order valence-corrected chi connectivity index (χ0v) is 11.1. The van der Waals surface area contributed by atoms with E-state index in [1.54, 1.807) is 12.4 Å². The van der Waals surface area contributed by atoms with Crippen LogP contribution in [0, 0.1) is 11.6 Å². The van der Waals surface area contributed by atoms with Crippen molar-refractivity contribution in [2.45, 2.75) is 19.1 Å². The van der Waals surface area contributed by atoms with Crippen LogP contribution in [0.3, 0.4) is 0 Å². The Labute approximate surface area is 116 Å². The second-order valence-corrected chi connectivity index (χ2v) is 4.56. The van der Waals surface area contributed by atoms with Gasteiger partial charge >= 0.3 is 0 Å². The topological polar surface area (TPSA) is 45.1 Å². The summed E-state index contributed by atoms with van der Waals surface area (Å²) in [4.78, 5) is 3.92. The van der Waals surface area contributed by atoms with E-state index in [0.717, 1.165) is 17.7 Å². The number of pyridine rings is 1. The number of nitrogens with zero attached hydrogens (tertiary/aromatic N) is 1. The van der Waals surface area contributed by atoms with Gasteiger partial charge in [-0.2, -0.15) is 0 Å². The van der Waals surface area contributed by atoms with Crippen LogP contribution in [0.25, 0.3) is 0 Å². The zero-order chi connectivity index (χ0) is 14.5. The quantitative estimate of drug-likeness (QED) is 0.884. The van der Waals surface area contributed by atoms with Gasteiger partial charge in [0.15, 0.2) is 0 Å². The normalized spacial score (nSPS) is 14.0. The predicted molar refractivity (Wildman–Crippen MR) is 72.0 cm³/mol. The average Bonchev–Trinajstić information content (AvgIpc) is 2.45. The Bertz CT molecular complexity index is 543. The van der Waals surface area contributed by atoms with Gasteiger partial charge in [-0.1, -0.05) is 6.07 Å². The molecule has 0 saturated heterocycles. The molecule has 20 heavy (non-hydrogen) atoms. The molecule has 0 aliphatic carbocycles. The van der Waals surface area contributed by atoms with Crippen LogP contribution in [-0.2, 0) is 0 Å². The molecule has 5 heteroatoms. The summed E-state index contributed by atoms with van der Waals surface area (Å²) in [7, 11) is 0. The molecule has 0 bridgehead atoms. The predicted octanol–water partition coefficient (Wildman–Crippen LogP) is 2.74. The molecule has 0 aliphatic heterocycles. The molecule has 2 aromatic rings. The van der Waals surface area contributed by atoms with Crippen molar-refractivity contribution in [3.63, 3.8) is 0 Å². The largest absolute Gasteiger partial charge is 0.387 e. The van der Waals surface area contributed by atoms with Crippen molar-refractivity contribution in [3.8, 4) is 0 Å². The zero-order valence-electron chi connectivity index (χ0n) is 11.1. The first-order chi connectivity index (χ1) is 9.59. The van der Waals surface area contributed by atoms with Crippen molar-refractivity contribution in [2.24, 2.45) is 0 Å². The first-order valence-corrected chi connectivity index (χ1v) is 6.35. The highest BCUT2D eigenvalue weighted by molar-refractivity contribution is 5.22. The Balaban J connectivity index is 2.00. The van der Waals surface area contributed by atoms with Crippen molar-refractivity contribution in [2.75, 3.05) is 6.54 Å². The average molecular weight is 278 g/mol. The minimum absolute atomic E-state index is 0.0533. The van der Waals surface area contributed by atoms with E-state index in [0.29, 0.717) is 0 Å². The van der Waals surface area contributed by atoms with Gasteiger partial charge in [-0.25, -0.2) is 8.78 Å². The summed E-state index contributed by atoms with van der Waals surface area (Å²) in [5.74, 6) is -1.48. The van der Waals surface area contributed by atoms with Crippen molar-refractivity contribution in [1.29, 1.82) is 0 Å². The van der Waals surface area contributed by atoms with Crippen molar-refractivity contribution in [1.82, 2.24) is 10.3 Å². The maximum atomic E-state index is 13.5. The molecule has 2 N–H and O–H groups in total. The van der Waals surface area contributed by atoms with Gasteiger partial charge in [0, 0.05) is 25.0 Å². The van der Waals surface area contributed by atoms with Gasteiger partial charge in [0.05, 0.1) is 11.7 Å². The molecular weight excluding hydrogens is 262 g/mol. The maximum absolute atomic E-state index is 13.5. The molecule has 2 atom stereocenters. The number of aromatic nitrogens is 1. The third-order valence-corrected chi connectivity index (χ3v) is 3.16. The fraction of sp³-hybridized carbons (Fsp3) is 0.267. The van der Waals surface area contributed by atoms with Gasteiger partial charge in [-0.3, -0.25) is 4.98 Å². The van der Waals surface area contributed by atoms with E-state index >= 15 is 0 Å². The second-order valence-electron chi connectivity index (χ2n) is 4.56. The number of rotatable bonds is 5. The van der Waals surface area contributed by atoms with Crippen LogP contribution in [0.4, 0.5) is 8.78 Å². The molecule has 0 radical (unpaired) electrons. The van der Waals surface area contributed by atoms with Crippen LogP contribution >= 0.6 is 0 Å². The van der Waals surface area contributed by atoms with E-state index in [1.165, 1.54) is 6.07 Å². The summed E-state index contributed by atoms with van der Waals surface area (Å²) in [6.07, 6.45) is 2.10. The van der Waals surface area contributed by atoms with E-state index in [4.69, 9.17) is 0 Å². The second kappa shape index (κ2) is 6.54. The Morgan fingerprint density at radius 1 is 1.15 bits per heavy atom. The fourth-order valence-corrected chi connectivity index (χ4v) is 1.99. The van der Waals surface area contributed by atoms with Crippen LogP contribution in [0.5, 0.6) is 0 Å². The number of hydrogen-bond donors (Lipinski definition) is 2. The van der Waals surface area contributed by atoms with Crippen LogP contribution in [0.2, 0.25) is 0 Å². The molecule has 1 aromatic carbocycles. The number of hydrogen-bond acceptors (Lipinski definition) is 3. The summed E-state index contributed by atoms with van der Waals surface area (Å²) >= 11 is 0. The van der Waals surface area contributed by atoms with Crippen molar-refractivity contribution in [3.05, 3.63) is 65.5 Å². The van der Waals surface area contributed by atoms with Crippen molar-refractivity contribution >= 4 is 0 Å². The fourth-order valence-electron chi connectivity index (χ4n) is 1.99. The number of halogens is 2. The summed E-state index contributed by atoms with van der Waals surface area (Å²) in [6, 6.07) is 7.17. The van der Waals surface area contributed by atoms with Crippen LogP contribution in [0.1, 0.15) is 30.2 Å². The third kappa shape index (κ3) is 3.37. The number of nitrogens with one attached hydrogen (secondary N) is 1. The lowest BCUT2D eigenvalue weighted by Crippen LogP contribution is -2.25. The summed E-state index contributed by atoms with van der Waals surface area (Å²) in [6.45, 7) is 1.96. The first kappa shape index (κ1) is 14.6. The van der Waals surface area contributed by atoms with Gasteiger partial charge in [0.1, 0.15) is 11.6 Å². The molecule has 0 amide bonds. The first-order valence-electron chi connectivity index (χ1n) is 6.35. The summed E-state index contributed by atoms with van der Waals surface area (Å²) in [5.41, 5.74) is 0.683. The molecule has 3 nitrogen and oxygen atoms in total. The van der Waals surface area contributed by atoms with Gasteiger partial charge in [-0.15, -0.1) is 0 Å². The highest BCUT2D eigenvalue weighted by Gasteiger charge is 2.18. The molecule has 1 unspecified atom stereocenters. The highest BCUT2D eigenvalue weighted by Crippen LogP contribution is 2.21. The third-order valence-electron chi connectivity index (χ3n) is 3.16. The minimum Gasteiger partial charge on any atom is -0.387 e. The number of aliphatic hydroxyl groups excluding tert-OH is 1. The highest BCUT2D eigenvalue weighted by atomic mass is 19.1. The summed E-state index contributed by atoms with van der Waals surface area (Å²) in [5, 5.41) is 13.0. The molecular formula is C15H16F2N2O. The molecule has 1 heterocycles. The summed E-state index contributed by atoms with van der Waals surface area (Å²) < 4.78 is 27.0. The van der Waals surface area contributed by atoms with Gasteiger partial charge in [-0.05, 0) is 36.8 Å². The smallest absolute Gasteiger partial charge is 0.131 e. The van der Waals surface area contributed by atoms with Crippen LogP contribution in [0.15, 0.2) is 42.7 Å². The van der Waals surface area contributed by atoms with E-state index in [2.05, 4.69) is 10.3 Å². The lowest BCUT2D eigenvalue weighted by Gasteiger charge is -2.18. The van der Waals surface area contributed by atoms with E-state index in [9.17, 15) is 13.9 Å². The van der Waals surface area contributed by atoms with Crippen LogP contribution < -0.4 is 5.32 Å². The Hall–Kier alpha value is -1.85. The molecule has 0 fully saturated rings. The number of aliphatic hydroxyl groups is 1. The molecule has 0 saturated carbocycles. The molecule has 2 rings (SSSR count). The van der Waals surface area contributed by atoms with E-state index in [1.807, 2.05) is 19.1 Å². The van der Waals surface area contributed by atoms with Gasteiger partial charge in [0.25, 0.3) is 0 Å². The maximum Gasteiger partial charge on any atom is 0.131 e. The van der Waals surface area contributed by atoms with E-state index < -0.39 is 17.7 Å². The Morgan fingerprint density at radius 3 is 2.35 bits per heavy atom. The lowest BCUT2D eigenvalue weighted by molar-refractivity contribution is 0.161. The molecule has 1 aromatic heterocycles. The monoisotopic (exact) mass is 278 g/mol. The SMILES string of the molecule is C[C@@H](NCC(O)c1c(F)cccc1F)c1ccncc1. The Morgan fingerprint density at radius 2 is 1.75 bits per heavy atom.